The van der Waals surface area contributed by atoms with E-state index >= 15 is 0 Å². The minimum Gasteiger partial charge on any atom is -0.549 e. The molecule has 9 heteroatoms. The molecule has 2 rings (SSSR count). The Labute approximate surface area is 131 Å². The molecule has 0 bridgehead atoms. The van der Waals surface area contributed by atoms with Gasteiger partial charge in [-0.2, -0.15) is 5.10 Å². The maximum atomic E-state index is 11.4. The number of amidine groups is 1. The zero-order chi connectivity index (χ0) is 14.7. The number of carbonyl (C=O) groups excluding carboxylic acids is 2. The molecule has 1 aliphatic heterocycles. The second-order valence-electron chi connectivity index (χ2n) is 3.87. The van der Waals surface area contributed by atoms with E-state index in [2.05, 4.69) is 31.4 Å². The summed E-state index contributed by atoms with van der Waals surface area (Å²) in [7, 11) is 0. The monoisotopic (exact) mass is 374 g/mol. The smallest absolute Gasteiger partial charge is 0.227 e. The van der Waals surface area contributed by atoms with Crippen molar-refractivity contribution in [1.29, 1.82) is 0 Å². The van der Waals surface area contributed by atoms with Gasteiger partial charge in [0.25, 0.3) is 0 Å². The molecule has 0 aliphatic carbocycles. The van der Waals surface area contributed by atoms with Crippen LogP contribution in [0.5, 0.6) is 0 Å². The van der Waals surface area contributed by atoms with Gasteiger partial charge in [-0.05, 0) is 35.0 Å². The van der Waals surface area contributed by atoms with Gasteiger partial charge in [0, 0.05) is 6.42 Å². The van der Waals surface area contributed by atoms with E-state index < -0.39 is 17.1 Å². The van der Waals surface area contributed by atoms with Crippen molar-refractivity contribution in [1.82, 2.24) is 5.32 Å². The van der Waals surface area contributed by atoms with Crippen LogP contribution in [0.15, 0.2) is 26.1 Å². The quantitative estimate of drug-likeness (QED) is 0.629. The first-order chi connectivity index (χ1) is 9.45. The summed E-state index contributed by atoms with van der Waals surface area (Å²) in [5.41, 5.74) is 0.679. The molecule has 1 amide bonds. The molecule has 1 aliphatic rings. The summed E-state index contributed by atoms with van der Waals surface area (Å²) in [6.07, 6.45) is -0.118. The summed E-state index contributed by atoms with van der Waals surface area (Å²) in [5.74, 6) is -1.68. The van der Waals surface area contributed by atoms with Gasteiger partial charge >= 0.3 is 0 Å². The van der Waals surface area contributed by atoms with E-state index in [0.717, 1.165) is 20.4 Å². The standard InChI is InChI=1S/C11H10BrN3O3S2/c1-5(6-2-3-8(12)19-6)14-15-11-13-9(16)4-7(20-11)10(17)18/h2-3,7H,4H2,1H3,(H,17,18)(H,13,15,16)/p-1/b14-5-/t7-/m1/s1. The Balaban J connectivity index is 2.13. The average Bonchev–Trinajstić information content (AvgIpc) is 2.82. The topological polar surface area (TPSA) is 94.0 Å². The number of aliphatic carboxylic acids is 1. The lowest BCUT2D eigenvalue weighted by Gasteiger charge is -2.22. The van der Waals surface area contributed by atoms with Crippen molar-refractivity contribution in [3.63, 3.8) is 0 Å². The maximum absolute atomic E-state index is 11.4. The van der Waals surface area contributed by atoms with E-state index in [1.54, 1.807) is 6.92 Å². The fraction of sp³-hybridized carbons (Fsp3) is 0.273. The van der Waals surface area contributed by atoms with Crippen LogP contribution in [0.2, 0.25) is 0 Å². The summed E-state index contributed by atoms with van der Waals surface area (Å²) in [6, 6.07) is 3.79. The predicted molar refractivity (Wildman–Crippen MR) is 80.8 cm³/mol. The van der Waals surface area contributed by atoms with E-state index in [1.807, 2.05) is 12.1 Å². The average molecular weight is 375 g/mol. The van der Waals surface area contributed by atoms with Crippen LogP contribution in [-0.2, 0) is 9.59 Å². The van der Waals surface area contributed by atoms with Crippen molar-refractivity contribution in [3.05, 3.63) is 20.8 Å². The molecule has 1 N–H and O–H groups in total. The molecule has 106 valence electrons. The van der Waals surface area contributed by atoms with Gasteiger partial charge in [0.1, 0.15) is 0 Å². The van der Waals surface area contributed by atoms with Gasteiger partial charge in [-0.3, -0.25) is 4.79 Å². The van der Waals surface area contributed by atoms with Gasteiger partial charge in [-0.25, -0.2) is 0 Å². The SMILES string of the molecule is C/C(=N/N=C1\NC(=O)C[C@H](C(=O)[O-])S1)c1ccc(Br)s1. The Morgan fingerprint density at radius 3 is 2.90 bits per heavy atom. The Morgan fingerprint density at radius 1 is 1.55 bits per heavy atom. The lowest BCUT2D eigenvalue weighted by atomic mass is 10.3. The highest BCUT2D eigenvalue weighted by atomic mass is 79.9. The third-order valence-electron chi connectivity index (χ3n) is 2.35. The summed E-state index contributed by atoms with van der Waals surface area (Å²) in [6.45, 7) is 1.79. The summed E-state index contributed by atoms with van der Waals surface area (Å²) in [4.78, 5) is 23.1. The number of thioether (sulfide) groups is 1. The molecule has 0 spiro atoms. The lowest BCUT2D eigenvalue weighted by molar-refractivity contribution is -0.304. The van der Waals surface area contributed by atoms with Crippen LogP contribution >= 0.6 is 39.0 Å². The van der Waals surface area contributed by atoms with Crippen LogP contribution in [0.3, 0.4) is 0 Å². The van der Waals surface area contributed by atoms with Crippen molar-refractivity contribution in [2.75, 3.05) is 0 Å². The first kappa shape index (κ1) is 15.2. The lowest BCUT2D eigenvalue weighted by Crippen LogP contribution is -2.44. The van der Waals surface area contributed by atoms with E-state index in [1.165, 1.54) is 11.3 Å². The van der Waals surface area contributed by atoms with Gasteiger partial charge in [-0.15, -0.1) is 16.4 Å². The second-order valence-corrected chi connectivity index (χ2v) is 7.53. The Morgan fingerprint density at radius 2 is 2.30 bits per heavy atom. The number of carbonyl (C=O) groups is 2. The molecule has 20 heavy (non-hydrogen) atoms. The molecule has 1 aromatic heterocycles. The van der Waals surface area contributed by atoms with Crippen molar-refractivity contribution in [2.24, 2.45) is 10.2 Å². The van der Waals surface area contributed by atoms with Crippen LogP contribution in [0.4, 0.5) is 0 Å². The van der Waals surface area contributed by atoms with Crippen LogP contribution < -0.4 is 10.4 Å². The number of thiophene rings is 1. The van der Waals surface area contributed by atoms with Crippen molar-refractivity contribution < 1.29 is 14.7 Å². The summed E-state index contributed by atoms with van der Waals surface area (Å²) in [5, 5.41) is 20.4. The molecule has 1 fully saturated rings. The minimum atomic E-state index is -1.28. The van der Waals surface area contributed by atoms with Crippen LogP contribution in [0.1, 0.15) is 18.2 Å². The number of amides is 1. The zero-order valence-corrected chi connectivity index (χ0v) is 13.5. The highest BCUT2D eigenvalue weighted by Gasteiger charge is 2.25. The molecule has 6 nitrogen and oxygen atoms in total. The minimum absolute atomic E-state index is 0.118. The number of carboxylic acids is 1. The molecule has 0 unspecified atom stereocenters. The first-order valence-corrected chi connectivity index (χ1v) is 8.00. The zero-order valence-electron chi connectivity index (χ0n) is 10.3. The molecular weight excluding hydrogens is 366 g/mol. The molecule has 1 aromatic rings. The Kier molecular flexibility index (Phi) is 4.95. The second kappa shape index (κ2) is 6.51. The molecule has 0 aromatic carbocycles. The number of halogens is 1. The molecule has 2 heterocycles. The van der Waals surface area contributed by atoms with E-state index in [4.69, 9.17) is 0 Å². The molecule has 1 saturated heterocycles. The summed E-state index contributed by atoms with van der Waals surface area (Å²) < 4.78 is 0.979. The third kappa shape index (κ3) is 3.90. The third-order valence-corrected chi connectivity index (χ3v) is 5.14. The molecule has 0 saturated carbocycles. The summed E-state index contributed by atoms with van der Waals surface area (Å²) >= 11 is 5.79. The maximum Gasteiger partial charge on any atom is 0.227 e. The van der Waals surface area contributed by atoms with E-state index in [-0.39, 0.29) is 11.6 Å². The van der Waals surface area contributed by atoms with Gasteiger partial charge < -0.3 is 15.2 Å². The van der Waals surface area contributed by atoms with Gasteiger partial charge in [0.05, 0.1) is 25.6 Å². The molecular formula is C11H9BrN3O3S2-. The predicted octanol–water partition coefficient (Wildman–Crippen LogP) is 0.962. The number of nitrogens with zero attached hydrogens (tertiary/aromatic N) is 2. The first-order valence-electron chi connectivity index (χ1n) is 5.51. The fourth-order valence-corrected chi connectivity index (χ4v) is 3.59. The molecule has 1 atom stereocenters. The van der Waals surface area contributed by atoms with Gasteiger partial charge in [0.15, 0.2) is 5.17 Å². The molecule has 0 radical (unpaired) electrons. The van der Waals surface area contributed by atoms with Gasteiger partial charge in [0.2, 0.25) is 5.91 Å². The van der Waals surface area contributed by atoms with Crippen molar-refractivity contribution >= 4 is 61.8 Å². The van der Waals surface area contributed by atoms with E-state index in [9.17, 15) is 14.7 Å². The van der Waals surface area contributed by atoms with Gasteiger partial charge in [-0.1, -0.05) is 11.8 Å². The Bertz CT molecular complexity index is 612. The number of nitrogens with one attached hydrogen (secondary N) is 1. The van der Waals surface area contributed by atoms with Crippen LogP contribution in [0.25, 0.3) is 0 Å². The highest BCUT2D eigenvalue weighted by Crippen LogP contribution is 2.23. The normalized spacial score (nSPS) is 21.9. The van der Waals surface area contributed by atoms with Crippen LogP contribution in [0, 0.1) is 0 Å². The van der Waals surface area contributed by atoms with Crippen molar-refractivity contribution in [2.45, 2.75) is 18.6 Å². The highest BCUT2D eigenvalue weighted by molar-refractivity contribution is 9.11. The Hall–Kier alpha value is -1.19. The number of hydrogen-bond acceptors (Lipinski definition) is 7. The largest absolute Gasteiger partial charge is 0.549 e. The fourth-order valence-electron chi connectivity index (χ4n) is 1.40. The number of rotatable bonds is 3. The van der Waals surface area contributed by atoms with Crippen LogP contribution in [-0.4, -0.2) is 28.0 Å². The van der Waals surface area contributed by atoms with Crippen molar-refractivity contribution in [3.8, 4) is 0 Å². The van der Waals surface area contributed by atoms with E-state index in [0.29, 0.717) is 5.71 Å². The number of carboxylic acid groups (broad SMARTS) is 1. The number of hydrogen-bond donors (Lipinski definition) is 1.